The Morgan fingerprint density at radius 1 is 0.635 bits per heavy atom. The van der Waals surface area contributed by atoms with Crippen molar-refractivity contribution in [2.75, 3.05) is 20.9 Å². The number of nitrogens with zero attached hydrogens (tertiary/aromatic N) is 4. The Kier molecular flexibility index (Phi) is 13.6. The highest BCUT2D eigenvalue weighted by atomic mass is 32.2. The lowest BCUT2D eigenvalue weighted by molar-refractivity contribution is 0.0976. The number of benzene rings is 2. The largest absolute Gasteiger partial charge is 0.294 e. The molecule has 20 heteroatoms. The molecule has 2 aliphatic carbocycles. The van der Waals surface area contributed by atoms with E-state index in [4.69, 9.17) is 0 Å². The van der Waals surface area contributed by atoms with Gasteiger partial charge in [-0.1, -0.05) is 33.1 Å². The third-order valence-electron chi connectivity index (χ3n) is 11.2. The smallest absolute Gasteiger partial charge is 0.232 e. The molecule has 0 bridgehead atoms. The number of ketones is 2. The van der Waals surface area contributed by atoms with Gasteiger partial charge in [-0.2, -0.15) is 10.2 Å². The number of carbonyl (C=O) groups excluding carboxylic acids is 2. The number of hydrogen-bond acceptors (Lipinski definition) is 10. The fourth-order valence-corrected chi connectivity index (χ4v) is 10.2. The van der Waals surface area contributed by atoms with E-state index in [0.29, 0.717) is 47.1 Å². The minimum atomic E-state index is -3.80. The third kappa shape index (κ3) is 10.2. The van der Waals surface area contributed by atoms with Crippen LogP contribution < -0.4 is 9.44 Å². The number of aromatic nitrogens is 6. The van der Waals surface area contributed by atoms with Crippen LogP contribution in [0, 0.1) is 23.3 Å². The molecule has 0 spiro atoms. The average Bonchev–Trinajstić information content (AvgIpc) is 3.98. The fraction of sp³-hybridized carbons (Fsp3) is 0.395. The first-order valence-electron chi connectivity index (χ1n) is 20.8. The van der Waals surface area contributed by atoms with E-state index in [0.717, 1.165) is 91.4 Å². The second-order valence-electron chi connectivity index (χ2n) is 15.9. The first-order chi connectivity index (χ1) is 30.1. The van der Waals surface area contributed by atoms with Crippen molar-refractivity contribution in [3.63, 3.8) is 0 Å². The summed E-state index contributed by atoms with van der Waals surface area (Å²) in [6.07, 6.45) is 10.7. The molecule has 2 aliphatic rings. The van der Waals surface area contributed by atoms with Gasteiger partial charge in [0.05, 0.1) is 34.0 Å². The molecule has 4 heterocycles. The molecule has 8 rings (SSSR count). The molecule has 0 atom stereocenters. The molecule has 0 radical (unpaired) electrons. The fourth-order valence-electron chi connectivity index (χ4n) is 7.95. The average molecular weight is 911 g/mol. The molecule has 14 nitrogen and oxygen atoms in total. The van der Waals surface area contributed by atoms with Gasteiger partial charge in [0.1, 0.15) is 11.6 Å². The van der Waals surface area contributed by atoms with E-state index < -0.39 is 77.4 Å². The van der Waals surface area contributed by atoms with E-state index >= 15 is 0 Å². The van der Waals surface area contributed by atoms with Crippen LogP contribution >= 0.6 is 0 Å². The number of Topliss-reactive ketones (excluding diaryl/α,β-unsaturated/α-hetero) is 2. The van der Waals surface area contributed by atoms with Crippen molar-refractivity contribution in [1.82, 2.24) is 30.4 Å². The van der Waals surface area contributed by atoms with Crippen molar-refractivity contribution in [3.8, 4) is 0 Å². The molecule has 2 fully saturated rings. The lowest BCUT2D eigenvalue weighted by Gasteiger charge is -2.24. The van der Waals surface area contributed by atoms with Crippen LogP contribution in [0.4, 0.5) is 28.9 Å². The van der Waals surface area contributed by atoms with E-state index in [1.54, 1.807) is 26.0 Å². The monoisotopic (exact) mass is 910 g/mol. The number of halogens is 4. The Hall–Kier alpha value is -5.76. The summed E-state index contributed by atoms with van der Waals surface area (Å²) in [5.41, 5.74) is 1.55. The van der Waals surface area contributed by atoms with Crippen LogP contribution in [0.25, 0.3) is 22.1 Å². The maximum atomic E-state index is 14.9. The van der Waals surface area contributed by atoms with Crippen LogP contribution in [0.2, 0.25) is 0 Å². The number of H-pyrrole nitrogens is 2. The van der Waals surface area contributed by atoms with Crippen LogP contribution in [0.3, 0.4) is 0 Å². The lowest BCUT2D eigenvalue weighted by atomic mass is 9.82. The number of rotatable bonds is 16. The van der Waals surface area contributed by atoms with Crippen LogP contribution in [0.5, 0.6) is 0 Å². The van der Waals surface area contributed by atoms with Gasteiger partial charge in [-0.25, -0.2) is 44.4 Å². The Balaban J connectivity index is 0.000000189. The summed E-state index contributed by atoms with van der Waals surface area (Å²) in [7, 11) is -7.59. The molecule has 0 aliphatic heterocycles. The van der Waals surface area contributed by atoms with Crippen molar-refractivity contribution in [1.29, 1.82) is 0 Å². The van der Waals surface area contributed by atoms with Crippen molar-refractivity contribution >= 4 is 65.1 Å². The van der Waals surface area contributed by atoms with Crippen LogP contribution in [0.1, 0.15) is 127 Å². The molecule has 2 aromatic carbocycles. The van der Waals surface area contributed by atoms with Gasteiger partial charge in [-0.05, 0) is 86.1 Å². The van der Waals surface area contributed by atoms with E-state index in [1.807, 2.05) is 0 Å². The molecule has 0 unspecified atom stereocenters. The van der Waals surface area contributed by atoms with E-state index in [9.17, 15) is 44.0 Å². The summed E-state index contributed by atoms with van der Waals surface area (Å²) in [6, 6.07) is 7.25. The normalized spacial score (nSPS) is 14.7. The number of carbonyl (C=O) groups is 2. The first kappa shape index (κ1) is 45.3. The molecule has 0 saturated heterocycles. The van der Waals surface area contributed by atoms with E-state index in [-0.39, 0.29) is 24.3 Å². The van der Waals surface area contributed by atoms with Gasteiger partial charge in [-0.3, -0.25) is 29.2 Å². The summed E-state index contributed by atoms with van der Waals surface area (Å²) in [6.45, 7) is 3.33. The number of hydrogen-bond donors (Lipinski definition) is 4. The third-order valence-corrected chi connectivity index (χ3v) is 14.2. The Morgan fingerprint density at radius 2 is 1.03 bits per heavy atom. The van der Waals surface area contributed by atoms with Gasteiger partial charge in [0.2, 0.25) is 20.0 Å². The summed E-state index contributed by atoms with van der Waals surface area (Å²) in [4.78, 5) is 34.1. The van der Waals surface area contributed by atoms with Gasteiger partial charge in [0.15, 0.2) is 34.5 Å². The van der Waals surface area contributed by atoms with Crippen LogP contribution in [0.15, 0.2) is 48.8 Å². The van der Waals surface area contributed by atoms with Crippen LogP contribution in [-0.2, 0) is 32.9 Å². The van der Waals surface area contributed by atoms with Gasteiger partial charge in [0.25, 0.3) is 0 Å². The highest BCUT2D eigenvalue weighted by Crippen LogP contribution is 2.39. The zero-order valence-corrected chi connectivity index (χ0v) is 36.2. The number of aromatic amines is 2. The minimum Gasteiger partial charge on any atom is -0.294 e. The van der Waals surface area contributed by atoms with Crippen molar-refractivity contribution in [2.24, 2.45) is 0 Å². The van der Waals surface area contributed by atoms with Crippen LogP contribution in [-0.4, -0.2) is 70.3 Å². The Morgan fingerprint density at radius 3 is 1.40 bits per heavy atom. The molecule has 63 heavy (non-hydrogen) atoms. The highest BCUT2D eigenvalue weighted by Gasteiger charge is 2.28. The van der Waals surface area contributed by atoms with Gasteiger partial charge in [-0.15, -0.1) is 0 Å². The first-order valence-corrected chi connectivity index (χ1v) is 24.1. The van der Waals surface area contributed by atoms with Gasteiger partial charge < -0.3 is 0 Å². The summed E-state index contributed by atoms with van der Waals surface area (Å²) < 4.78 is 110. The minimum absolute atomic E-state index is 0.215. The van der Waals surface area contributed by atoms with E-state index in [1.165, 1.54) is 12.4 Å². The number of pyridine rings is 2. The molecule has 6 aromatic rings. The summed E-state index contributed by atoms with van der Waals surface area (Å²) in [5, 5.41) is 16.1. The Labute approximate surface area is 361 Å². The standard InChI is InChI=1S/C22H24F2N4O3S.C21H22F2N4O3S/c1-2-9-32(30,31)28-17-8-7-16(23)19(20(17)24)18(29)11-13-10-15-21(14-5-3-4-6-14)26-27-22(15)25-12-13;1-2-8-31(29,30)27-16-7-6-15(22)18(19(16)23)17(28)10-12-9-14-20(13-4-3-5-13)25-26-21(14)24-11-12/h7-8,10,12,14,28H,2-6,9,11H2,1H3,(H,25,26,27);6-7,9,11,13,27H,2-5,8,10H2,1H3,(H,24,25,26). The second-order valence-corrected chi connectivity index (χ2v) is 19.6. The molecule has 4 N–H and O–H groups in total. The number of nitrogens with one attached hydrogen (secondary N) is 4. The Bertz CT molecular complexity index is 2910. The molecule has 4 aromatic heterocycles. The van der Waals surface area contributed by atoms with Gasteiger partial charge >= 0.3 is 0 Å². The molecular weight excluding hydrogens is 865 g/mol. The second kappa shape index (κ2) is 18.9. The highest BCUT2D eigenvalue weighted by molar-refractivity contribution is 7.92. The van der Waals surface area contributed by atoms with Crippen molar-refractivity contribution in [3.05, 3.63) is 106 Å². The topological polar surface area (TPSA) is 210 Å². The SMILES string of the molecule is CCCS(=O)(=O)Nc1ccc(F)c(C(=O)Cc2cnc3n[nH]c(C4CCC4)c3c2)c1F.CCCS(=O)(=O)Nc1ccc(F)c(C(=O)Cc2cnc3n[nH]c(C4CCCC4)c3c2)c1F. The number of sulfonamides is 2. The predicted molar refractivity (Wildman–Crippen MR) is 230 cm³/mol. The summed E-state index contributed by atoms with van der Waals surface area (Å²) >= 11 is 0. The van der Waals surface area contributed by atoms with Crippen molar-refractivity contribution in [2.45, 2.75) is 96.3 Å². The van der Waals surface area contributed by atoms with E-state index in [2.05, 4.69) is 39.8 Å². The van der Waals surface area contributed by atoms with Gasteiger partial charge in [0, 0.05) is 59.2 Å². The maximum absolute atomic E-state index is 14.9. The quantitative estimate of drug-likeness (QED) is 0.0537. The molecule has 334 valence electrons. The zero-order chi connectivity index (χ0) is 45.1. The number of fused-ring (bicyclic) bond motifs is 2. The maximum Gasteiger partial charge on any atom is 0.232 e. The lowest BCUT2D eigenvalue weighted by Crippen LogP contribution is -2.19. The summed E-state index contributed by atoms with van der Waals surface area (Å²) in [5.74, 6) is -5.85. The zero-order valence-electron chi connectivity index (χ0n) is 34.5. The molecule has 2 saturated carbocycles. The number of anilines is 2. The molecule has 0 amide bonds. The van der Waals surface area contributed by atoms with Crippen molar-refractivity contribution < 1.29 is 44.0 Å². The molecular formula is C43H46F4N8O6S2. The predicted octanol–water partition coefficient (Wildman–Crippen LogP) is 8.55.